The van der Waals surface area contributed by atoms with E-state index in [0.717, 1.165) is 0 Å². The van der Waals surface area contributed by atoms with Gasteiger partial charge in [0.05, 0.1) is 4.92 Å². The molecule has 3 rings (SSSR count). The van der Waals surface area contributed by atoms with Gasteiger partial charge in [-0.25, -0.2) is 0 Å². The number of aromatic nitrogens is 2. The van der Waals surface area contributed by atoms with E-state index in [1.807, 2.05) is 18.2 Å². The first-order valence-electron chi connectivity index (χ1n) is 7.25. The third-order valence-corrected chi connectivity index (χ3v) is 4.01. The molecule has 0 bridgehead atoms. The predicted octanol–water partition coefficient (Wildman–Crippen LogP) is 3.75. The lowest BCUT2D eigenvalue weighted by Gasteiger charge is -2.08. The number of rotatable bonds is 5. The van der Waals surface area contributed by atoms with Crippen molar-refractivity contribution < 1.29 is 9.72 Å². The van der Waals surface area contributed by atoms with Crippen molar-refractivity contribution in [3.63, 3.8) is 0 Å². The summed E-state index contributed by atoms with van der Waals surface area (Å²) in [6.07, 6.45) is 0. The van der Waals surface area contributed by atoms with Gasteiger partial charge in [0, 0.05) is 17.3 Å². The molecule has 0 saturated heterocycles. The highest BCUT2D eigenvalue weighted by atomic mass is 32.1. The molecule has 8 nitrogen and oxygen atoms in total. The number of benzene rings is 2. The summed E-state index contributed by atoms with van der Waals surface area (Å²) in [4.78, 5) is 23.1. The van der Waals surface area contributed by atoms with E-state index >= 15 is 0 Å². The highest BCUT2D eigenvalue weighted by molar-refractivity contribution is 7.15. The van der Waals surface area contributed by atoms with Gasteiger partial charge in [0.1, 0.15) is 10.7 Å². The Hall–Kier alpha value is -3.33. The summed E-state index contributed by atoms with van der Waals surface area (Å²) in [5.74, 6) is -0.481. The van der Waals surface area contributed by atoms with Gasteiger partial charge >= 0.3 is 0 Å². The van der Waals surface area contributed by atoms with E-state index in [0.29, 0.717) is 21.5 Å². The number of amides is 1. The molecule has 126 valence electrons. The lowest BCUT2D eigenvalue weighted by atomic mass is 10.1. The summed E-state index contributed by atoms with van der Waals surface area (Å²) in [5.41, 5.74) is 0.995. The fourth-order valence-corrected chi connectivity index (χ4v) is 2.71. The number of nitro benzene ring substituents is 1. The third-order valence-electron chi connectivity index (χ3n) is 3.26. The first-order valence-corrected chi connectivity index (χ1v) is 8.06. The van der Waals surface area contributed by atoms with Crippen LogP contribution in [0, 0.1) is 17.0 Å². The molecule has 0 radical (unpaired) electrons. The van der Waals surface area contributed by atoms with Crippen LogP contribution in [0.5, 0.6) is 0 Å². The normalized spacial score (nSPS) is 10.3. The Bertz CT molecular complexity index is 927. The van der Waals surface area contributed by atoms with Crippen LogP contribution in [0.3, 0.4) is 0 Å². The summed E-state index contributed by atoms with van der Waals surface area (Å²) in [5, 5.41) is 25.6. The molecule has 2 N–H and O–H groups in total. The van der Waals surface area contributed by atoms with E-state index < -0.39 is 10.8 Å². The molecule has 0 aliphatic heterocycles. The van der Waals surface area contributed by atoms with Gasteiger partial charge in [-0.1, -0.05) is 29.5 Å². The molecule has 0 unspecified atom stereocenters. The number of aryl methyl sites for hydroxylation is 1. The van der Waals surface area contributed by atoms with E-state index in [9.17, 15) is 14.9 Å². The lowest BCUT2D eigenvalue weighted by molar-refractivity contribution is -0.383. The molecule has 0 spiro atoms. The molecule has 3 aromatic rings. The molecule has 0 aliphatic rings. The van der Waals surface area contributed by atoms with Crippen molar-refractivity contribution in [3.8, 4) is 0 Å². The Morgan fingerprint density at radius 2 is 1.92 bits per heavy atom. The summed E-state index contributed by atoms with van der Waals surface area (Å²) < 4.78 is 0. The van der Waals surface area contributed by atoms with Crippen LogP contribution in [0.15, 0.2) is 48.5 Å². The number of nitrogens with zero attached hydrogens (tertiary/aromatic N) is 3. The first-order chi connectivity index (χ1) is 12.0. The van der Waals surface area contributed by atoms with Crippen LogP contribution in [0.2, 0.25) is 0 Å². The van der Waals surface area contributed by atoms with E-state index in [-0.39, 0.29) is 11.3 Å². The number of carbonyl (C=O) groups is 1. The minimum absolute atomic E-state index is 0.165. The second-order valence-electron chi connectivity index (χ2n) is 5.06. The monoisotopic (exact) mass is 355 g/mol. The fourth-order valence-electron chi connectivity index (χ4n) is 2.12. The molecule has 0 fully saturated rings. The zero-order valence-electron chi connectivity index (χ0n) is 13.1. The fraction of sp³-hybridized carbons (Fsp3) is 0.0625. The Balaban J connectivity index is 1.85. The zero-order valence-corrected chi connectivity index (χ0v) is 13.9. The number of para-hydroxylation sites is 1. The van der Waals surface area contributed by atoms with Gasteiger partial charge in [-0.2, -0.15) is 0 Å². The van der Waals surface area contributed by atoms with Crippen LogP contribution in [0.4, 0.5) is 22.2 Å². The summed E-state index contributed by atoms with van der Waals surface area (Å²) in [6, 6.07) is 13.3. The van der Waals surface area contributed by atoms with Gasteiger partial charge in [-0.05, 0) is 31.2 Å². The van der Waals surface area contributed by atoms with Crippen LogP contribution in [-0.2, 0) is 0 Å². The standard InChI is InChI=1S/C16H13N5O3S/c1-10-19-20-16(25-10)18-15(22)11-7-8-13(14(9-11)21(23)24)17-12-5-3-2-4-6-12/h2-9,17H,1H3,(H,18,20,22). The van der Waals surface area contributed by atoms with Crippen molar-refractivity contribution >= 4 is 39.4 Å². The quantitative estimate of drug-likeness (QED) is 0.533. The molecule has 1 heterocycles. The summed E-state index contributed by atoms with van der Waals surface area (Å²) in [6.45, 7) is 1.77. The zero-order chi connectivity index (χ0) is 17.8. The van der Waals surface area contributed by atoms with Crippen molar-refractivity contribution in [1.29, 1.82) is 0 Å². The van der Waals surface area contributed by atoms with E-state index in [4.69, 9.17) is 0 Å². The smallest absolute Gasteiger partial charge is 0.293 e. The molecule has 0 atom stereocenters. The third kappa shape index (κ3) is 3.96. The Morgan fingerprint density at radius 1 is 1.16 bits per heavy atom. The van der Waals surface area contributed by atoms with Crippen LogP contribution in [0.25, 0.3) is 0 Å². The van der Waals surface area contributed by atoms with E-state index in [1.165, 1.54) is 29.5 Å². The van der Waals surface area contributed by atoms with Crippen LogP contribution < -0.4 is 10.6 Å². The maximum atomic E-state index is 12.3. The van der Waals surface area contributed by atoms with Crippen LogP contribution in [-0.4, -0.2) is 21.0 Å². The van der Waals surface area contributed by atoms with Crippen molar-refractivity contribution in [1.82, 2.24) is 10.2 Å². The van der Waals surface area contributed by atoms with E-state index in [1.54, 1.807) is 19.1 Å². The molecule has 9 heteroatoms. The summed E-state index contributed by atoms with van der Waals surface area (Å²) in [7, 11) is 0. The first kappa shape index (κ1) is 16.5. The number of nitrogens with one attached hydrogen (secondary N) is 2. The van der Waals surface area contributed by atoms with Gasteiger partial charge in [0.2, 0.25) is 5.13 Å². The Morgan fingerprint density at radius 3 is 2.56 bits per heavy atom. The molecule has 0 saturated carbocycles. The second kappa shape index (κ2) is 7.05. The number of carbonyl (C=O) groups excluding carboxylic acids is 1. The van der Waals surface area contributed by atoms with Crippen molar-refractivity contribution in [2.45, 2.75) is 6.92 Å². The van der Waals surface area contributed by atoms with Crippen molar-refractivity contribution in [3.05, 3.63) is 69.2 Å². The summed E-state index contributed by atoms with van der Waals surface area (Å²) >= 11 is 1.23. The highest BCUT2D eigenvalue weighted by Gasteiger charge is 2.18. The highest BCUT2D eigenvalue weighted by Crippen LogP contribution is 2.29. The van der Waals surface area contributed by atoms with Gasteiger partial charge in [-0.3, -0.25) is 20.2 Å². The maximum absolute atomic E-state index is 12.3. The van der Waals surface area contributed by atoms with Gasteiger partial charge in [0.25, 0.3) is 11.6 Å². The Kier molecular flexibility index (Phi) is 4.66. The SMILES string of the molecule is Cc1nnc(NC(=O)c2ccc(Nc3ccccc3)c([N+](=O)[O-])c2)s1. The maximum Gasteiger partial charge on any atom is 0.293 e. The lowest BCUT2D eigenvalue weighted by Crippen LogP contribution is -2.12. The van der Waals surface area contributed by atoms with Crippen molar-refractivity contribution in [2.75, 3.05) is 10.6 Å². The molecule has 2 aromatic carbocycles. The van der Waals surface area contributed by atoms with Crippen LogP contribution >= 0.6 is 11.3 Å². The second-order valence-corrected chi connectivity index (χ2v) is 6.24. The van der Waals surface area contributed by atoms with Gasteiger partial charge < -0.3 is 5.32 Å². The minimum Gasteiger partial charge on any atom is -0.350 e. The number of hydrogen-bond acceptors (Lipinski definition) is 7. The van der Waals surface area contributed by atoms with Gasteiger partial charge in [0.15, 0.2) is 0 Å². The van der Waals surface area contributed by atoms with Crippen molar-refractivity contribution in [2.24, 2.45) is 0 Å². The van der Waals surface area contributed by atoms with Crippen LogP contribution in [0.1, 0.15) is 15.4 Å². The van der Waals surface area contributed by atoms with Gasteiger partial charge in [-0.15, -0.1) is 10.2 Å². The predicted molar refractivity (Wildman–Crippen MR) is 95.4 cm³/mol. The average molecular weight is 355 g/mol. The number of anilines is 3. The molecule has 0 aliphatic carbocycles. The Labute approximate surface area is 146 Å². The largest absolute Gasteiger partial charge is 0.350 e. The molecule has 1 amide bonds. The number of hydrogen-bond donors (Lipinski definition) is 2. The topological polar surface area (TPSA) is 110 Å². The molecular weight excluding hydrogens is 342 g/mol. The molecular formula is C16H13N5O3S. The number of nitro groups is 1. The van der Waals surface area contributed by atoms with E-state index in [2.05, 4.69) is 20.8 Å². The molecule has 25 heavy (non-hydrogen) atoms. The minimum atomic E-state index is -0.531. The average Bonchev–Trinajstić information content (AvgIpc) is 3.00. The molecule has 1 aromatic heterocycles.